The van der Waals surface area contributed by atoms with E-state index in [0.29, 0.717) is 6.54 Å². The van der Waals surface area contributed by atoms with Crippen molar-refractivity contribution < 1.29 is 9.59 Å². The van der Waals surface area contributed by atoms with Crippen LogP contribution in [-0.4, -0.2) is 28.1 Å². The van der Waals surface area contributed by atoms with Crippen molar-refractivity contribution in [2.75, 3.05) is 11.9 Å². The van der Waals surface area contributed by atoms with Gasteiger partial charge in [-0.05, 0) is 66.8 Å². The highest BCUT2D eigenvalue weighted by molar-refractivity contribution is 9.10. The summed E-state index contributed by atoms with van der Waals surface area (Å²) < 4.78 is 2.83. The molecule has 1 heterocycles. The van der Waals surface area contributed by atoms with Gasteiger partial charge in [0.05, 0.1) is 11.8 Å². The number of amides is 2. The maximum absolute atomic E-state index is 13.3. The largest absolute Gasteiger partial charge is 0.356 e. The Kier molecular flexibility index (Phi) is 5.01. The second kappa shape index (κ2) is 7.69. The third-order valence-electron chi connectivity index (χ3n) is 6.98. The quantitative estimate of drug-likeness (QED) is 0.481. The van der Waals surface area contributed by atoms with E-state index in [4.69, 9.17) is 0 Å². The van der Waals surface area contributed by atoms with Crippen molar-refractivity contribution in [3.63, 3.8) is 0 Å². The summed E-state index contributed by atoms with van der Waals surface area (Å²) >= 11 is 3.42. The van der Waals surface area contributed by atoms with Gasteiger partial charge >= 0.3 is 0 Å². The monoisotopic (exact) mass is 468 g/mol. The number of carbonyl (C=O) groups excluding carboxylic acids is 2. The summed E-state index contributed by atoms with van der Waals surface area (Å²) in [4.78, 5) is 26.4. The highest BCUT2D eigenvalue weighted by Crippen LogP contribution is 2.72. The van der Waals surface area contributed by atoms with E-state index in [9.17, 15) is 9.59 Å². The molecule has 2 saturated carbocycles. The lowest BCUT2D eigenvalue weighted by atomic mass is 9.81. The third-order valence-corrected chi connectivity index (χ3v) is 7.51. The van der Waals surface area contributed by atoms with Gasteiger partial charge in [-0.25, -0.2) is 0 Å². The number of rotatable bonds is 7. The van der Waals surface area contributed by atoms with Crippen LogP contribution in [-0.2, 0) is 16.1 Å². The molecule has 6 nitrogen and oxygen atoms in total. The molecule has 2 bridgehead atoms. The molecule has 0 radical (unpaired) electrons. The summed E-state index contributed by atoms with van der Waals surface area (Å²) in [6.07, 6.45) is 11.1. The fourth-order valence-corrected chi connectivity index (χ4v) is 5.74. The highest BCUT2D eigenvalue weighted by Gasteiger charge is 2.69. The van der Waals surface area contributed by atoms with Crippen LogP contribution in [0, 0.1) is 29.1 Å². The molecule has 7 heteroatoms. The SMILES string of the molecule is O=C(NCCCn1cccn1)[C@H]1[C@H](C(=O)Nc2ccc(Br)cc2)[C@@H]2C=C[C@H]1C21CC1. The summed E-state index contributed by atoms with van der Waals surface area (Å²) in [7, 11) is 0. The van der Waals surface area contributed by atoms with Crippen LogP contribution in [0.3, 0.4) is 0 Å². The minimum absolute atomic E-state index is 0.00884. The second-order valence-electron chi connectivity index (χ2n) is 8.63. The molecule has 4 atom stereocenters. The molecule has 3 aliphatic carbocycles. The van der Waals surface area contributed by atoms with Crippen LogP contribution in [0.15, 0.2) is 59.4 Å². The predicted octanol–water partition coefficient (Wildman–Crippen LogP) is 3.62. The average Bonchev–Trinajstić information content (AvgIpc) is 3.10. The van der Waals surface area contributed by atoms with Gasteiger partial charge in [0, 0.05) is 35.6 Å². The molecule has 1 spiro atoms. The van der Waals surface area contributed by atoms with Gasteiger partial charge in [0.15, 0.2) is 0 Å². The van der Waals surface area contributed by atoms with Gasteiger partial charge in [-0.2, -0.15) is 5.10 Å². The Labute approximate surface area is 184 Å². The van der Waals surface area contributed by atoms with Crippen LogP contribution in [0.2, 0.25) is 0 Å². The molecular formula is C23H25BrN4O2. The molecule has 2 fully saturated rings. The van der Waals surface area contributed by atoms with Crippen LogP contribution in [0.25, 0.3) is 0 Å². The first-order valence-electron chi connectivity index (χ1n) is 10.6. The first-order chi connectivity index (χ1) is 14.6. The predicted molar refractivity (Wildman–Crippen MR) is 117 cm³/mol. The van der Waals surface area contributed by atoms with E-state index in [-0.39, 0.29) is 40.9 Å². The first-order valence-corrected chi connectivity index (χ1v) is 11.4. The van der Waals surface area contributed by atoms with Crippen molar-refractivity contribution in [2.45, 2.75) is 25.8 Å². The standard InChI is InChI=1S/C23H25BrN4O2/c24-15-3-5-16(6-4-15)27-22(30)20-18-8-7-17(23(18)9-10-23)19(20)21(29)25-11-1-13-28-14-2-12-26-28/h2-8,12,14,17-20H,1,9-11,13H2,(H,25,29)(H,27,30)/t17-,18+,19-,20-/m1/s1. The smallest absolute Gasteiger partial charge is 0.228 e. The topological polar surface area (TPSA) is 76.0 Å². The summed E-state index contributed by atoms with van der Waals surface area (Å²) in [5, 5.41) is 10.3. The van der Waals surface area contributed by atoms with Crippen molar-refractivity contribution in [2.24, 2.45) is 29.1 Å². The van der Waals surface area contributed by atoms with Crippen molar-refractivity contribution in [3.8, 4) is 0 Å². The average molecular weight is 469 g/mol. The Bertz CT molecular complexity index is 966. The number of hydrogen-bond donors (Lipinski definition) is 2. The van der Waals surface area contributed by atoms with E-state index in [2.05, 4.69) is 43.8 Å². The molecule has 1 aromatic heterocycles. The summed E-state index contributed by atoms with van der Waals surface area (Å²) in [5.41, 5.74) is 0.900. The van der Waals surface area contributed by atoms with E-state index in [1.807, 2.05) is 41.2 Å². The van der Waals surface area contributed by atoms with E-state index in [1.165, 1.54) is 0 Å². The van der Waals surface area contributed by atoms with Crippen LogP contribution in [0.4, 0.5) is 5.69 Å². The van der Waals surface area contributed by atoms with Crippen molar-refractivity contribution >= 4 is 33.4 Å². The number of anilines is 1. The molecule has 0 aliphatic heterocycles. The number of carbonyl (C=O) groups is 2. The van der Waals surface area contributed by atoms with Crippen molar-refractivity contribution in [3.05, 3.63) is 59.4 Å². The lowest BCUT2D eigenvalue weighted by Crippen LogP contribution is -2.42. The molecule has 30 heavy (non-hydrogen) atoms. The van der Waals surface area contributed by atoms with Gasteiger partial charge in [0.1, 0.15) is 0 Å². The Balaban J connectivity index is 1.27. The molecule has 2 N–H and O–H groups in total. The van der Waals surface area contributed by atoms with E-state index >= 15 is 0 Å². The molecule has 0 unspecified atom stereocenters. The van der Waals surface area contributed by atoms with E-state index in [0.717, 1.165) is 36.0 Å². The number of halogens is 1. The molecule has 2 amide bonds. The summed E-state index contributed by atoms with van der Waals surface area (Å²) in [6, 6.07) is 9.46. The highest BCUT2D eigenvalue weighted by atomic mass is 79.9. The minimum atomic E-state index is -0.308. The molecule has 2 aromatic rings. The van der Waals surface area contributed by atoms with Gasteiger partial charge in [-0.3, -0.25) is 14.3 Å². The molecule has 1 aromatic carbocycles. The van der Waals surface area contributed by atoms with Gasteiger partial charge in [-0.1, -0.05) is 28.1 Å². The zero-order chi connectivity index (χ0) is 20.7. The number of benzene rings is 1. The number of aromatic nitrogens is 2. The Morgan fingerprint density at radius 2 is 1.80 bits per heavy atom. The molecule has 3 aliphatic rings. The second-order valence-corrected chi connectivity index (χ2v) is 9.55. The first kappa shape index (κ1) is 19.5. The Hall–Kier alpha value is -2.41. The fourth-order valence-electron chi connectivity index (χ4n) is 5.47. The van der Waals surface area contributed by atoms with E-state index < -0.39 is 0 Å². The van der Waals surface area contributed by atoms with Gasteiger partial charge < -0.3 is 10.6 Å². The van der Waals surface area contributed by atoms with Gasteiger partial charge in [0.25, 0.3) is 0 Å². The lowest BCUT2D eigenvalue weighted by Gasteiger charge is -2.26. The van der Waals surface area contributed by atoms with Crippen LogP contribution in [0.1, 0.15) is 19.3 Å². The number of allylic oxidation sites excluding steroid dienone is 2. The Morgan fingerprint density at radius 3 is 2.43 bits per heavy atom. The van der Waals surface area contributed by atoms with Gasteiger partial charge in [-0.15, -0.1) is 0 Å². The maximum Gasteiger partial charge on any atom is 0.228 e. The van der Waals surface area contributed by atoms with Crippen LogP contribution in [0.5, 0.6) is 0 Å². The summed E-state index contributed by atoms with van der Waals surface area (Å²) in [6.45, 7) is 1.35. The number of aryl methyl sites for hydroxylation is 1. The third kappa shape index (κ3) is 3.39. The fraction of sp³-hybridized carbons (Fsp3) is 0.435. The normalized spacial score (nSPS) is 27.4. The number of nitrogens with zero attached hydrogens (tertiary/aromatic N) is 2. The van der Waals surface area contributed by atoms with Crippen molar-refractivity contribution in [1.29, 1.82) is 0 Å². The lowest BCUT2D eigenvalue weighted by molar-refractivity contribution is -0.132. The zero-order valence-electron chi connectivity index (χ0n) is 16.6. The minimum Gasteiger partial charge on any atom is -0.356 e. The number of nitrogens with one attached hydrogen (secondary N) is 2. The van der Waals surface area contributed by atoms with Gasteiger partial charge in [0.2, 0.25) is 11.8 Å². The van der Waals surface area contributed by atoms with Crippen molar-refractivity contribution in [1.82, 2.24) is 15.1 Å². The molecule has 5 rings (SSSR count). The van der Waals surface area contributed by atoms with E-state index in [1.54, 1.807) is 6.20 Å². The number of hydrogen-bond acceptors (Lipinski definition) is 3. The Morgan fingerprint density at radius 1 is 1.10 bits per heavy atom. The van der Waals surface area contributed by atoms with Crippen LogP contribution < -0.4 is 10.6 Å². The van der Waals surface area contributed by atoms with Crippen LogP contribution >= 0.6 is 15.9 Å². The molecular weight excluding hydrogens is 444 g/mol. The molecule has 0 saturated heterocycles. The maximum atomic E-state index is 13.3. The molecule has 156 valence electrons. The summed E-state index contributed by atoms with van der Waals surface area (Å²) in [5.74, 6) is -0.293. The zero-order valence-corrected chi connectivity index (χ0v) is 18.2.